The van der Waals surface area contributed by atoms with E-state index in [0.717, 1.165) is 31.6 Å². The molecule has 1 saturated heterocycles. The van der Waals surface area contributed by atoms with Crippen molar-refractivity contribution in [1.29, 1.82) is 0 Å². The van der Waals surface area contributed by atoms with Gasteiger partial charge in [-0.05, 0) is 37.8 Å². The molecule has 1 saturated carbocycles. The Morgan fingerprint density at radius 1 is 1.43 bits per heavy atom. The number of para-hydroxylation sites is 1. The zero-order chi connectivity index (χ0) is 15.0. The van der Waals surface area contributed by atoms with Crippen molar-refractivity contribution in [2.24, 2.45) is 11.8 Å². The van der Waals surface area contributed by atoms with Crippen LogP contribution < -0.4 is 10.6 Å². The van der Waals surface area contributed by atoms with E-state index in [1.165, 1.54) is 0 Å². The highest BCUT2D eigenvalue weighted by atomic mass is 16.5. The van der Waals surface area contributed by atoms with E-state index >= 15 is 0 Å². The molecule has 1 aromatic rings. The standard InChI is InChI=1S/C16H22N2O3/c1-2-21-16(20)11-4-3-5-13(17)15(11)18-8-10-6-7-14(19)12(10)9-18/h3-5,10,12,14,19H,2,6-9,17H2,1H3. The number of anilines is 2. The van der Waals surface area contributed by atoms with Gasteiger partial charge in [0.15, 0.2) is 0 Å². The van der Waals surface area contributed by atoms with Crippen LogP contribution in [0.4, 0.5) is 11.4 Å². The summed E-state index contributed by atoms with van der Waals surface area (Å²) in [6, 6.07) is 5.34. The first-order valence-electron chi connectivity index (χ1n) is 7.60. The Morgan fingerprint density at radius 3 is 2.95 bits per heavy atom. The number of nitrogen functional groups attached to an aromatic ring is 1. The van der Waals surface area contributed by atoms with Crippen LogP contribution in [0.5, 0.6) is 0 Å². The minimum absolute atomic E-state index is 0.226. The lowest BCUT2D eigenvalue weighted by molar-refractivity contribution is 0.0527. The average molecular weight is 290 g/mol. The number of carbonyl (C=O) groups is 1. The largest absolute Gasteiger partial charge is 0.462 e. The summed E-state index contributed by atoms with van der Waals surface area (Å²) in [6.45, 7) is 3.74. The number of benzene rings is 1. The van der Waals surface area contributed by atoms with Gasteiger partial charge in [0.2, 0.25) is 0 Å². The first-order valence-corrected chi connectivity index (χ1v) is 7.60. The highest BCUT2D eigenvalue weighted by molar-refractivity contribution is 5.99. The van der Waals surface area contributed by atoms with E-state index in [2.05, 4.69) is 4.90 Å². The third-order valence-electron chi connectivity index (χ3n) is 4.70. The summed E-state index contributed by atoms with van der Waals surface area (Å²) in [5.41, 5.74) is 7.98. The highest BCUT2D eigenvalue weighted by Crippen LogP contribution is 2.42. The van der Waals surface area contributed by atoms with E-state index in [-0.39, 0.29) is 12.1 Å². The number of hydrogen-bond donors (Lipinski definition) is 2. The van der Waals surface area contributed by atoms with E-state index in [0.29, 0.717) is 29.7 Å². The molecule has 5 heteroatoms. The molecule has 114 valence electrons. The Bertz CT molecular complexity index is 546. The molecule has 0 aromatic heterocycles. The fourth-order valence-electron chi connectivity index (χ4n) is 3.71. The smallest absolute Gasteiger partial charge is 0.340 e. The van der Waals surface area contributed by atoms with Crippen LogP contribution in [0.1, 0.15) is 30.1 Å². The molecule has 0 radical (unpaired) electrons. The first-order chi connectivity index (χ1) is 10.1. The number of nitrogens with two attached hydrogens (primary N) is 1. The van der Waals surface area contributed by atoms with E-state index in [9.17, 15) is 9.90 Å². The molecule has 3 N–H and O–H groups in total. The summed E-state index contributed by atoms with van der Waals surface area (Å²) in [7, 11) is 0. The lowest BCUT2D eigenvalue weighted by atomic mass is 10.00. The van der Waals surface area contributed by atoms with Crippen LogP contribution in [0.15, 0.2) is 18.2 Å². The average Bonchev–Trinajstić information content (AvgIpc) is 3.01. The van der Waals surface area contributed by atoms with Crippen LogP contribution in [0, 0.1) is 11.8 Å². The summed E-state index contributed by atoms with van der Waals surface area (Å²) >= 11 is 0. The number of aliphatic hydroxyl groups is 1. The molecule has 2 fully saturated rings. The number of hydrogen-bond acceptors (Lipinski definition) is 5. The van der Waals surface area contributed by atoms with Gasteiger partial charge in [-0.2, -0.15) is 0 Å². The van der Waals surface area contributed by atoms with E-state index < -0.39 is 0 Å². The monoisotopic (exact) mass is 290 g/mol. The van der Waals surface area contributed by atoms with Crippen LogP contribution in [0.2, 0.25) is 0 Å². The Labute approximate surface area is 124 Å². The number of ether oxygens (including phenoxy) is 1. The van der Waals surface area contributed by atoms with Crippen molar-refractivity contribution < 1.29 is 14.6 Å². The van der Waals surface area contributed by atoms with Gasteiger partial charge in [-0.15, -0.1) is 0 Å². The maximum atomic E-state index is 12.1. The molecule has 3 unspecified atom stereocenters. The minimum Gasteiger partial charge on any atom is -0.462 e. The molecule has 3 rings (SSSR count). The van der Waals surface area contributed by atoms with E-state index in [1.807, 2.05) is 6.07 Å². The molecule has 3 atom stereocenters. The molecule has 1 heterocycles. The molecule has 1 aliphatic carbocycles. The molecule has 2 aliphatic rings. The van der Waals surface area contributed by atoms with Crippen LogP contribution in [0.25, 0.3) is 0 Å². The molecule has 5 nitrogen and oxygen atoms in total. The summed E-state index contributed by atoms with van der Waals surface area (Å²) < 4.78 is 5.13. The fourth-order valence-corrected chi connectivity index (χ4v) is 3.71. The maximum absolute atomic E-state index is 12.1. The normalized spacial score (nSPS) is 27.7. The predicted octanol–water partition coefficient (Wildman–Crippen LogP) is 1.65. The number of carbonyl (C=O) groups excluding carboxylic acids is 1. The van der Waals surface area contributed by atoms with Gasteiger partial charge in [0.05, 0.1) is 29.6 Å². The first kappa shape index (κ1) is 14.2. The summed E-state index contributed by atoms with van der Waals surface area (Å²) in [6.07, 6.45) is 1.71. The highest BCUT2D eigenvalue weighted by Gasteiger charge is 2.42. The molecule has 21 heavy (non-hydrogen) atoms. The SMILES string of the molecule is CCOC(=O)c1cccc(N)c1N1CC2CCC(O)C2C1. The Morgan fingerprint density at radius 2 is 2.24 bits per heavy atom. The zero-order valence-electron chi connectivity index (χ0n) is 12.3. The van der Waals surface area contributed by atoms with Crippen LogP contribution in [0.3, 0.4) is 0 Å². The number of aliphatic hydroxyl groups excluding tert-OH is 1. The second kappa shape index (κ2) is 5.56. The Hall–Kier alpha value is -1.75. The van der Waals surface area contributed by atoms with Crippen molar-refractivity contribution in [3.8, 4) is 0 Å². The zero-order valence-corrected chi connectivity index (χ0v) is 12.3. The predicted molar refractivity (Wildman–Crippen MR) is 81.2 cm³/mol. The number of esters is 1. The summed E-state index contributed by atoms with van der Waals surface area (Å²) in [4.78, 5) is 14.3. The van der Waals surface area contributed by atoms with Gasteiger partial charge >= 0.3 is 5.97 Å². The third-order valence-corrected chi connectivity index (χ3v) is 4.70. The van der Waals surface area contributed by atoms with Crippen LogP contribution >= 0.6 is 0 Å². The van der Waals surface area contributed by atoms with Crippen molar-refractivity contribution >= 4 is 17.3 Å². The lowest BCUT2D eigenvalue weighted by Gasteiger charge is -2.24. The van der Waals surface area contributed by atoms with Gasteiger partial charge in [-0.25, -0.2) is 4.79 Å². The molecule has 0 spiro atoms. The quantitative estimate of drug-likeness (QED) is 0.654. The van der Waals surface area contributed by atoms with Gasteiger partial charge in [0.25, 0.3) is 0 Å². The van der Waals surface area contributed by atoms with E-state index in [4.69, 9.17) is 10.5 Å². The van der Waals surface area contributed by atoms with Gasteiger partial charge in [-0.3, -0.25) is 0 Å². The minimum atomic E-state index is -0.336. The van der Waals surface area contributed by atoms with Crippen molar-refractivity contribution in [1.82, 2.24) is 0 Å². The number of rotatable bonds is 3. The van der Waals surface area contributed by atoms with Gasteiger partial charge < -0.3 is 20.5 Å². The van der Waals surface area contributed by atoms with Crippen molar-refractivity contribution in [2.75, 3.05) is 30.3 Å². The molecular weight excluding hydrogens is 268 g/mol. The topological polar surface area (TPSA) is 75.8 Å². The molecule has 0 amide bonds. The fraction of sp³-hybridized carbons (Fsp3) is 0.562. The van der Waals surface area contributed by atoms with E-state index in [1.54, 1.807) is 19.1 Å². The third kappa shape index (κ3) is 2.46. The lowest BCUT2D eigenvalue weighted by Crippen LogP contribution is -2.27. The molecule has 1 aromatic carbocycles. The molecule has 1 aliphatic heterocycles. The molecular formula is C16H22N2O3. The van der Waals surface area contributed by atoms with Crippen LogP contribution in [-0.4, -0.2) is 36.9 Å². The summed E-state index contributed by atoms with van der Waals surface area (Å²) in [5, 5.41) is 10.0. The number of nitrogens with zero attached hydrogens (tertiary/aromatic N) is 1. The van der Waals surface area contributed by atoms with Crippen molar-refractivity contribution in [3.05, 3.63) is 23.8 Å². The van der Waals surface area contributed by atoms with Crippen LogP contribution in [-0.2, 0) is 4.74 Å². The maximum Gasteiger partial charge on any atom is 0.340 e. The van der Waals surface area contributed by atoms with Crippen molar-refractivity contribution in [3.63, 3.8) is 0 Å². The summed E-state index contributed by atoms with van der Waals surface area (Å²) in [5.74, 6) is 0.451. The molecule has 0 bridgehead atoms. The van der Waals surface area contributed by atoms with Gasteiger partial charge in [0, 0.05) is 19.0 Å². The number of fused-ring (bicyclic) bond motifs is 1. The van der Waals surface area contributed by atoms with Gasteiger partial charge in [0.1, 0.15) is 0 Å². The van der Waals surface area contributed by atoms with Gasteiger partial charge in [-0.1, -0.05) is 6.07 Å². The Balaban J connectivity index is 1.90. The van der Waals surface area contributed by atoms with Crippen molar-refractivity contribution in [2.45, 2.75) is 25.9 Å². The second-order valence-electron chi connectivity index (χ2n) is 5.94. The second-order valence-corrected chi connectivity index (χ2v) is 5.94. The Kier molecular flexibility index (Phi) is 3.76.